The SMILES string of the molecule is CNC(CSc1ccccc1C)Cc1ccc(Cl)c(F)c1. The van der Waals surface area contributed by atoms with Crippen LogP contribution in [0.2, 0.25) is 5.02 Å². The molecule has 112 valence electrons. The van der Waals surface area contributed by atoms with Crippen molar-refractivity contribution < 1.29 is 4.39 Å². The highest BCUT2D eigenvalue weighted by molar-refractivity contribution is 7.99. The molecule has 0 radical (unpaired) electrons. The maximum absolute atomic E-state index is 13.5. The first kappa shape index (κ1) is 16.3. The van der Waals surface area contributed by atoms with Crippen LogP contribution in [0.4, 0.5) is 4.39 Å². The molecule has 1 N–H and O–H groups in total. The van der Waals surface area contributed by atoms with Crippen LogP contribution in [-0.2, 0) is 6.42 Å². The molecule has 1 atom stereocenters. The predicted molar refractivity (Wildman–Crippen MR) is 89.9 cm³/mol. The molecule has 0 saturated carbocycles. The third-order valence-corrected chi connectivity index (χ3v) is 5.05. The number of hydrogen-bond donors (Lipinski definition) is 1. The van der Waals surface area contributed by atoms with Gasteiger partial charge in [0.05, 0.1) is 5.02 Å². The van der Waals surface area contributed by atoms with Gasteiger partial charge >= 0.3 is 0 Å². The van der Waals surface area contributed by atoms with Crippen LogP contribution >= 0.6 is 23.4 Å². The quantitative estimate of drug-likeness (QED) is 0.773. The molecule has 2 rings (SSSR count). The standard InChI is InChI=1S/C17H19ClFNS/c1-12-5-3-4-6-17(12)21-11-14(20-2)9-13-7-8-15(18)16(19)10-13/h3-8,10,14,20H,9,11H2,1-2H3. The van der Waals surface area contributed by atoms with E-state index in [1.54, 1.807) is 6.07 Å². The molecule has 2 aromatic rings. The summed E-state index contributed by atoms with van der Waals surface area (Å²) in [7, 11) is 1.94. The number of thioether (sulfide) groups is 1. The Bertz CT molecular complexity index is 603. The lowest BCUT2D eigenvalue weighted by Crippen LogP contribution is -2.30. The molecule has 0 aliphatic heterocycles. The Morgan fingerprint density at radius 2 is 2.00 bits per heavy atom. The van der Waals surface area contributed by atoms with Crippen molar-refractivity contribution in [3.63, 3.8) is 0 Å². The van der Waals surface area contributed by atoms with Crippen molar-refractivity contribution in [2.45, 2.75) is 24.3 Å². The van der Waals surface area contributed by atoms with Gasteiger partial charge in [0.15, 0.2) is 0 Å². The summed E-state index contributed by atoms with van der Waals surface area (Å²) < 4.78 is 13.5. The third kappa shape index (κ3) is 4.73. The molecule has 0 aliphatic carbocycles. The molecule has 0 amide bonds. The van der Waals surface area contributed by atoms with E-state index in [1.165, 1.54) is 16.5 Å². The fourth-order valence-electron chi connectivity index (χ4n) is 2.10. The first-order valence-electron chi connectivity index (χ1n) is 6.89. The highest BCUT2D eigenvalue weighted by Crippen LogP contribution is 2.23. The summed E-state index contributed by atoms with van der Waals surface area (Å²) >= 11 is 7.54. The van der Waals surface area contributed by atoms with Crippen LogP contribution in [0.3, 0.4) is 0 Å². The Kier molecular flexibility index (Phi) is 6.09. The number of aryl methyl sites for hydroxylation is 1. The summed E-state index contributed by atoms with van der Waals surface area (Å²) in [5.74, 6) is 0.585. The molecule has 0 aliphatic rings. The molecular formula is C17H19ClFNS. The molecule has 0 fully saturated rings. The van der Waals surface area contributed by atoms with Gasteiger partial charge in [-0.05, 0) is 49.7 Å². The van der Waals surface area contributed by atoms with Gasteiger partial charge in [-0.2, -0.15) is 0 Å². The number of halogens is 2. The summed E-state index contributed by atoms with van der Waals surface area (Å²) in [4.78, 5) is 1.29. The molecule has 21 heavy (non-hydrogen) atoms. The summed E-state index contributed by atoms with van der Waals surface area (Å²) in [5, 5.41) is 3.47. The third-order valence-electron chi connectivity index (χ3n) is 3.41. The van der Waals surface area contributed by atoms with Gasteiger partial charge in [-0.3, -0.25) is 0 Å². The summed E-state index contributed by atoms with van der Waals surface area (Å²) in [6.45, 7) is 2.12. The normalized spacial score (nSPS) is 12.4. The zero-order chi connectivity index (χ0) is 15.2. The fourth-order valence-corrected chi connectivity index (χ4v) is 3.36. The molecule has 0 heterocycles. The van der Waals surface area contributed by atoms with Crippen molar-refractivity contribution in [3.8, 4) is 0 Å². The van der Waals surface area contributed by atoms with Gasteiger partial charge in [0.25, 0.3) is 0 Å². The largest absolute Gasteiger partial charge is 0.316 e. The maximum Gasteiger partial charge on any atom is 0.142 e. The highest BCUT2D eigenvalue weighted by atomic mass is 35.5. The van der Waals surface area contributed by atoms with Gasteiger partial charge in [0, 0.05) is 16.7 Å². The summed E-state index contributed by atoms with van der Waals surface area (Å²) in [6.07, 6.45) is 0.781. The minimum absolute atomic E-state index is 0.175. The van der Waals surface area contributed by atoms with E-state index >= 15 is 0 Å². The number of benzene rings is 2. The van der Waals surface area contributed by atoms with Crippen molar-refractivity contribution in [1.29, 1.82) is 0 Å². The van der Waals surface area contributed by atoms with Crippen molar-refractivity contribution >= 4 is 23.4 Å². The van der Waals surface area contributed by atoms with Crippen molar-refractivity contribution in [2.24, 2.45) is 0 Å². The van der Waals surface area contributed by atoms with Crippen LogP contribution in [0.15, 0.2) is 47.4 Å². The van der Waals surface area contributed by atoms with E-state index < -0.39 is 0 Å². The molecule has 0 saturated heterocycles. The molecule has 1 unspecified atom stereocenters. The molecule has 4 heteroatoms. The second-order valence-electron chi connectivity index (χ2n) is 5.01. The number of likely N-dealkylation sites (N-methyl/N-ethyl adjacent to an activating group) is 1. The maximum atomic E-state index is 13.5. The summed E-state index contributed by atoms with van der Waals surface area (Å²) in [6, 6.07) is 13.7. The van der Waals surface area contributed by atoms with E-state index in [0.29, 0.717) is 0 Å². The van der Waals surface area contributed by atoms with Crippen LogP contribution in [0.5, 0.6) is 0 Å². The zero-order valence-corrected chi connectivity index (χ0v) is 13.8. The smallest absolute Gasteiger partial charge is 0.142 e. The van der Waals surface area contributed by atoms with E-state index in [1.807, 2.05) is 30.9 Å². The second-order valence-corrected chi connectivity index (χ2v) is 6.48. The first-order valence-corrected chi connectivity index (χ1v) is 8.26. The predicted octanol–water partition coefficient (Wildman–Crippen LogP) is 4.71. The summed E-state index contributed by atoms with van der Waals surface area (Å²) in [5.41, 5.74) is 2.25. The van der Waals surface area contributed by atoms with Crippen molar-refractivity contribution in [3.05, 3.63) is 64.4 Å². The minimum atomic E-state index is -0.351. The Balaban J connectivity index is 1.97. The van der Waals surface area contributed by atoms with E-state index in [0.717, 1.165) is 17.7 Å². The molecule has 2 aromatic carbocycles. The van der Waals surface area contributed by atoms with E-state index in [4.69, 9.17) is 11.6 Å². The zero-order valence-electron chi connectivity index (χ0n) is 12.2. The van der Waals surface area contributed by atoms with Gasteiger partial charge in [0.1, 0.15) is 5.82 Å². The van der Waals surface area contributed by atoms with Crippen molar-refractivity contribution in [2.75, 3.05) is 12.8 Å². The van der Waals surface area contributed by atoms with Gasteiger partial charge in [0.2, 0.25) is 0 Å². The number of hydrogen-bond acceptors (Lipinski definition) is 2. The molecule has 0 spiro atoms. The average molecular weight is 324 g/mol. The molecule has 0 aromatic heterocycles. The van der Waals surface area contributed by atoms with Gasteiger partial charge in [-0.15, -0.1) is 11.8 Å². The molecule has 1 nitrogen and oxygen atoms in total. The lowest BCUT2D eigenvalue weighted by molar-refractivity contribution is 0.603. The second kappa shape index (κ2) is 7.83. The Morgan fingerprint density at radius 1 is 1.24 bits per heavy atom. The van der Waals surface area contributed by atoms with Crippen LogP contribution < -0.4 is 5.32 Å². The van der Waals surface area contributed by atoms with Crippen molar-refractivity contribution in [1.82, 2.24) is 5.32 Å². The lowest BCUT2D eigenvalue weighted by atomic mass is 10.1. The molecule has 0 bridgehead atoms. The monoisotopic (exact) mass is 323 g/mol. The average Bonchev–Trinajstić information content (AvgIpc) is 2.48. The topological polar surface area (TPSA) is 12.0 Å². The van der Waals surface area contributed by atoms with Crippen LogP contribution in [-0.4, -0.2) is 18.8 Å². The lowest BCUT2D eigenvalue weighted by Gasteiger charge is -2.16. The fraction of sp³-hybridized carbons (Fsp3) is 0.294. The van der Waals surface area contributed by atoms with E-state index in [-0.39, 0.29) is 16.9 Å². The number of rotatable bonds is 6. The van der Waals surface area contributed by atoms with Gasteiger partial charge in [-0.1, -0.05) is 35.9 Å². The van der Waals surface area contributed by atoms with Gasteiger partial charge in [-0.25, -0.2) is 4.39 Å². The van der Waals surface area contributed by atoms with Crippen LogP contribution in [0.1, 0.15) is 11.1 Å². The first-order chi connectivity index (χ1) is 10.1. The van der Waals surface area contributed by atoms with Gasteiger partial charge < -0.3 is 5.32 Å². The van der Waals surface area contributed by atoms with Crippen LogP contribution in [0, 0.1) is 12.7 Å². The van der Waals surface area contributed by atoms with Crippen LogP contribution in [0.25, 0.3) is 0 Å². The Hall–Kier alpha value is -1.03. The molecular weight excluding hydrogens is 305 g/mol. The highest BCUT2D eigenvalue weighted by Gasteiger charge is 2.10. The Labute approximate surface area is 134 Å². The van der Waals surface area contributed by atoms with E-state index in [2.05, 4.69) is 30.4 Å². The Morgan fingerprint density at radius 3 is 2.67 bits per heavy atom. The number of nitrogens with one attached hydrogen (secondary N) is 1. The van der Waals surface area contributed by atoms with E-state index in [9.17, 15) is 4.39 Å². The minimum Gasteiger partial charge on any atom is -0.316 e.